The summed E-state index contributed by atoms with van der Waals surface area (Å²) in [5.41, 5.74) is 8.93. The molecule has 1 aliphatic rings. The number of carbonyl (C=O) groups is 3. The van der Waals surface area contributed by atoms with Crippen LogP contribution >= 0.6 is 0 Å². The van der Waals surface area contributed by atoms with Crippen LogP contribution in [0.4, 0.5) is 11.4 Å². The van der Waals surface area contributed by atoms with E-state index in [4.69, 9.17) is 5.73 Å². The van der Waals surface area contributed by atoms with Gasteiger partial charge in [-0.2, -0.15) is 0 Å². The Morgan fingerprint density at radius 3 is 2.21 bits per heavy atom. The van der Waals surface area contributed by atoms with Crippen molar-refractivity contribution in [3.05, 3.63) is 95.1 Å². The molecule has 4 rings (SSSR count). The van der Waals surface area contributed by atoms with E-state index in [1.807, 2.05) is 12.1 Å². The van der Waals surface area contributed by atoms with Gasteiger partial charge in [0.25, 0.3) is 17.7 Å². The third-order valence-electron chi connectivity index (χ3n) is 4.67. The average Bonchev–Trinajstić information content (AvgIpc) is 3.06. The minimum Gasteiger partial charge on any atom is -0.397 e. The summed E-state index contributed by atoms with van der Waals surface area (Å²) in [6.07, 6.45) is 0. The fraction of sp³-hybridized carbons (Fsp3) is 0.0455. The summed E-state index contributed by atoms with van der Waals surface area (Å²) in [5, 5.41) is 2.74. The number of amides is 3. The van der Waals surface area contributed by atoms with Gasteiger partial charge in [0, 0.05) is 16.7 Å². The Balaban J connectivity index is 1.49. The van der Waals surface area contributed by atoms with Crippen LogP contribution in [0.2, 0.25) is 0 Å². The fourth-order valence-electron chi connectivity index (χ4n) is 3.14. The molecule has 0 saturated heterocycles. The molecule has 6 heteroatoms. The highest BCUT2D eigenvalue weighted by Crippen LogP contribution is 2.24. The molecular weight excluding hydrogens is 354 g/mol. The van der Waals surface area contributed by atoms with Crippen LogP contribution in [0.25, 0.3) is 0 Å². The Hall–Kier alpha value is -3.93. The van der Waals surface area contributed by atoms with Crippen LogP contribution < -0.4 is 11.1 Å². The van der Waals surface area contributed by atoms with E-state index >= 15 is 0 Å². The van der Waals surface area contributed by atoms with Gasteiger partial charge < -0.3 is 11.1 Å². The van der Waals surface area contributed by atoms with Crippen molar-refractivity contribution in [2.45, 2.75) is 6.54 Å². The van der Waals surface area contributed by atoms with Gasteiger partial charge in [0.1, 0.15) is 0 Å². The van der Waals surface area contributed by atoms with E-state index in [1.165, 1.54) is 4.90 Å². The lowest BCUT2D eigenvalue weighted by Gasteiger charge is -2.14. The number of nitrogens with zero attached hydrogens (tertiary/aromatic N) is 1. The number of nitrogen functional groups attached to an aromatic ring is 1. The number of carbonyl (C=O) groups excluding carboxylic acids is 3. The quantitative estimate of drug-likeness (QED) is 0.546. The topological polar surface area (TPSA) is 92.5 Å². The number of hydrogen-bond donors (Lipinski definition) is 2. The summed E-state index contributed by atoms with van der Waals surface area (Å²) in [6, 6.07) is 20.3. The maximum absolute atomic E-state index is 12.7. The number of rotatable bonds is 3. The normalized spacial score (nSPS) is 12.6. The van der Waals surface area contributed by atoms with Crippen molar-refractivity contribution >= 4 is 29.1 Å². The molecule has 1 aliphatic heterocycles. The van der Waals surface area contributed by atoms with E-state index in [9.17, 15) is 14.4 Å². The van der Waals surface area contributed by atoms with Gasteiger partial charge in [-0.05, 0) is 48.0 Å². The number of imide groups is 1. The summed E-state index contributed by atoms with van der Waals surface area (Å²) in [5.74, 6) is -1.02. The van der Waals surface area contributed by atoms with Gasteiger partial charge in [-0.3, -0.25) is 19.3 Å². The molecule has 0 fully saturated rings. The first kappa shape index (κ1) is 17.5. The second-order valence-electron chi connectivity index (χ2n) is 6.47. The molecular formula is C22H17N3O3. The van der Waals surface area contributed by atoms with Crippen LogP contribution in [-0.4, -0.2) is 22.6 Å². The van der Waals surface area contributed by atoms with Crippen molar-refractivity contribution in [3.8, 4) is 0 Å². The van der Waals surface area contributed by atoms with E-state index in [0.29, 0.717) is 28.1 Å². The molecule has 0 aromatic heterocycles. The number of nitrogens with two attached hydrogens (primary N) is 1. The second-order valence-corrected chi connectivity index (χ2v) is 6.47. The third kappa shape index (κ3) is 3.12. The van der Waals surface area contributed by atoms with Crippen LogP contribution in [0.3, 0.4) is 0 Å². The van der Waals surface area contributed by atoms with Crippen LogP contribution in [0.1, 0.15) is 36.6 Å². The number of hydrogen-bond acceptors (Lipinski definition) is 4. The molecule has 28 heavy (non-hydrogen) atoms. The molecule has 3 aromatic carbocycles. The first-order valence-electron chi connectivity index (χ1n) is 8.74. The summed E-state index contributed by atoms with van der Waals surface area (Å²) in [4.78, 5) is 38.8. The van der Waals surface area contributed by atoms with Gasteiger partial charge in [0.05, 0.1) is 17.9 Å². The van der Waals surface area contributed by atoms with Crippen LogP contribution in [-0.2, 0) is 6.54 Å². The zero-order valence-electron chi connectivity index (χ0n) is 14.9. The average molecular weight is 371 g/mol. The number of fused-ring (bicyclic) bond motifs is 1. The summed E-state index contributed by atoms with van der Waals surface area (Å²) in [7, 11) is 0. The fourth-order valence-corrected chi connectivity index (χ4v) is 3.14. The van der Waals surface area contributed by atoms with E-state index < -0.39 is 0 Å². The third-order valence-corrected chi connectivity index (χ3v) is 4.67. The lowest BCUT2D eigenvalue weighted by Crippen LogP contribution is -2.31. The van der Waals surface area contributed by atoms with Crippen LogP contribution in [0.5, 0.6) is 0 Å². The molecule has 0 aliphatic carbocycles. The first-order chi connectivity index (χ1) is 13.5. The Labute approximate surface area is 161 Å². The zero-order chi connectivity index (χ0) is 19.7. The zero-order valence-corrected chi connectivity index (χ0v) is 14.9. The molecule has 3 amide bonds. The van der Waals surface area contributed by atoms with Crippen molar-refractivity contribution < 1.29 is 14.4 Å². The van der Waals surface area contributed by atoms with Crippen LogP contribution in [0, 0.1) is 0 Å². The number of benzene rings is 3. The molecule has 6 nitrogen and oxygen atoms in total. The van der Waals surface area contributed by atoms with Crippen molar-refractivity contribution in [1.82, 2.24) is 4.90 Å². The molecule has 3 aromatic rings. The summed E-state index contributed by atoms with van der Waals surface area (Å²) < 4.78 is 0. The van der Waals surface area contributed by atoms with Gasteiger partial charge in [-0.25, -0.2) is 0 Å². The predicted molar refractivity (Wildman–Crippen MR) is 106 cm³/mol. The first-order valence-corrected chi connectivity index (χ1v) is 8.74. The van der Waals surface area contributed by atoms with E-state index in [1.54, 1.807) is 60.7 Å². The van der Waals surface area contributed by atoms with Crippen LogP contribution in [0.15, 0.2) is 72.8 Å². The van der Waals surface area contributed by atoms with E-state index in [-0.39, 0.29) is 24.3 Å². The summed E-state index contributed by atoms with van der Waals surface area (Å²) >= 11 is 0. The largest absolute Gasteiger partial charge is 0.397 e. The van der Waals surface area contributed by atoms with Gasteiger partial charge in [0.2, 0.25) is 0 Å². The van der Waals surface area contributed by atoms with Crippen molar-refractivity contribution in [3.63, 3.8) is 0 Å². The standard InChI is InChI=1S/C22H17N3O3/c23-18-7-3-4-8-19(18)24-20(26)14-9-11-15(12-10-14)21(27)25-13-16-5-1-2-6-17(16)22(25)28/h1-12H,13,23H2,(H,24,26). The Bertz CT molecular complexity index is 1090. The number of para-hydroxylation sites is 2. The maximum atomic E-state index is 12.7. The second kappa shape index (κ2) is 7.00. The predicted octanol–water partition coefficient (Wildman–Crippen LogP) is 3.32. The van der Waals surface area contributed by atoms with Crippen molar-refractivity contribution in [1.29, 1.82) is 0 Å². The van der Waals surface area contributed by atoms with E-state index in [2.05, 4.69) is 5.32 Å². The highest BCUT2D eigenvalue weighted by molar-refractivity contribution is 6.13. The number of anilines is 2. The van der Waals surface area contributed by atoms with Gasteiger partial charge in [-0.15, -0.1) is 0 Å². The maximum Gasteiger partial charge on any atom is 0.261 e. The minimum absolute atomic E-state index is 0.253. The van der Waals surface area contributed by atoms with Crippen molar-refractivity contribution in [2.24, 2.45) is 0 Å². The van der Waals surface area contributed by atoms with E-state index in [0.717, 1.165) is 5.56 Å². The summed E-state index contributed by atoms with van der Waals surface area (Å²) in [6.45, 7) is 0.253. The minimum atomic E-state index is -0.388. The highest BCUT2D eigenvalue weighted by Gasteiger charge is 2.32. The van der Waals surface area contributed by atoms with Crippen molar-refractivity contribution in [2.75, 3.05) is 11.1 Å². The van der Waals surface area contributed by atoms with Gasteiger partial charge in [0.15, 0.2) is 0 Å². The molecule has 3 N–H and O–H groups in total. The smallest absolute Gasteiger partial charge is 0.261 e. The Morgan fingerprint density at radius 1 is 0.857 bits per heavy atom. The molecule has 0 saturated carbocycles. The molecule has 0 atom stereocenters. The van der Waals surface area contributed by atoms with Gasteiger partial charge in [-0.1, -0.05) is 30.3 Å². The molecule has 138 valence electrons. The number of nitrogens with one attached hydrogen (secondary N) is 1. The monoisotopic (exact) mass is 371 g/mol. The lowest BCUT2D eigenvalue weighted by molar-refractivity contribution is 0.0630. The molecule has 0 radical (unpaired) electrons. The molecule has 0 unspecified atom stereocenters. The Morgan fingerprint density at radius 2 is 1.50 bits per heavy atom. The highest BCUT2D eigenvalue weighted by atomic mass is 16.2. The molecule has 1 heterocycles. The SMILES string of the molecule is Nc1ccccc1NC(=O)c1ccc(C(=O)N2Cc3ccccc3C2=O)cc1. The molecule has 0 bridgehead atoms. The lowest BCUT2D eigenvalue weighted by atomic mass is 10.1. The van der Waals surface area contributed by atoms with Gasteiger partial charge >= 0.3 is 0 Å². The Kier molecular flexibility index (Phi) is 4.37. The molecule has 0 spiro atoms.